The second-order valence-corrected chi connectivity index (χ2v) is 15.5. The number of carbonyl (C=O) groups excluding carboxylic acids is 5. The lowest BCUT2D eigenvalue weighted by atomic mass is 9.81. The predicted molar refractivity (Wildman–Crippen MR) is 216 cm³/mol. The molecule has 0 aromatic heterocycles. The molecule has 4 amide bonds. The molecular formula is C44H46Cl2N4O6. The maximum atomic E-state index is 14.7. The van der Waals surface area contributed by atoms with Gasteiger partial charge in [-0.25, -0.2) is 0 Å². The lowest BCUT2D eigenvalue weighted by Gasteiger charge is -2.32. The van der Waals surface area contributed by atoms with Gasteiger partial charge >= 0.3 is 0 Å². The first kappa shape index (κ1) is 40.5. The normalized spacial score (nSPS) is 18.0. The zero-order valence-corrected chi connectivity index (χ0v) is 33.0. The third kappa shape index (κ3) is 9.60. The Balaban J connectivity index is 1.28. The molecule has 1 aliphatic carbocycles. The van der Waals surface area contributed by atoms with Crippen LogP contribution in [0.1, 0.15) is 68.8 Å². The molecular weight excluding hydrogens is 751 g/mol. The number of para-hydroxylation sites is 1. The molecule has 56 heavy (non-hydrogen) atoms. The summed E-state index contributed by atoms with van der Waals surface area (Å²) in [6.07, 6.45) is 3.38. The van der Waals surface area contributed by atoms with Crippen LogP contribution in [0.4, 0.5) is 5.69 Å². The number of anilines is 1. The topological polar surface area (TPSA) is 125 Å². The van der Waals surface area contributed by atoms with Gasteiger partial charge < -0.3 is 20.3 Å². The van der Waals surface area contributed by atoms with Gasteiger partial charge in [0.05, 0.1) is 11.5 Å². The number of ketones is 1. The number of benzene rings is 4. The summed E-state index contributed by atoms with van der Waals surface area (Å²) >= 11 is 12.5. The van der Waals surface area contributed by atoms with Gasteiger partial charge in [-0.05, 0) is 97.8 Å². The van der Waals surface area contributed by atoms with E-state index in [1.165, 1.54) is 13.8 Å². The maximum Gasteiger partial charge on any atom is 0.263 e. The lowest BCUT2D eigenvalue weighted by Crippen LogP contribution is -2.49. The third-order valence-electron chi connectivity index (χ3n) is 10.7. The Morgan fingerprint density at radius 1 is 0.821 bits per heavy atom. The first-order valence-corrected chi connectivity index (χ1v) is 19.7. The van der Waals surface area contributed by atoms with Crippen molar-refractivity contribution >= 4 is 58.3 Å². The van der Waals surface area contributed by atoms with Crippen molar-refractivity contribution < 1.29 is 28.7 Å². The van der Waals surface area contributed by atoms with Crippen LogP contribution in [0.3, 0.4) is 0 Å². The minimum Gasteiger partial charge on any atom is -0.484 e. The van der Waals surface area contributed by atoms with Crippen molar-refractivity contribution in [3.8, 4) is 5.75 Å². The Morgan fingerprint density at radius 2 is 1.43 bits per heavy atom. The van der Waals surface area contributed by atoms with E-state index in [1.54, 1.807) is 70.5 Å². The third-order valence-corrected chi connectivity index (χ3v) is 11.2. The monoisotopic (exact) mass is 796 g/mol. The van der Waals surface area contributed by atoms with E-state index in [2.05, 4.69) is 10.6 Å². The fourth-order valence-corrected chi connectivity index (χ4v) is 7.99. The van der Waals surface area contributed by atoms with Crippen LogP contribution >= 0.6 is 23.2 Å². The fraction of sp³-hybridized carbons (Fsp3) is 0.341. The highest BCUT2D eigenvalue weighted by Crippen LogP contribution is 2.42. The van der Waals surface area contributed by atoms with Crippen LogP contribution in [-0.4, -0.2) is 59.5 Å². The molecule has 2 N–H and O–H groups in total. The highest BCUT2D eigenvalue weighted by Gasteiger charge is 2.50. The number of hydrogen-bond acceptors (Lipinski definition) is 6. The van der Waals surface area contributed by atoms with Crippen molar-refractivity contribution in [2.24, 2.45) is 5.41 Å². The number of hydrogen-bond donors (Lipinski definition) is 2. The minimum absolute atomic E-state index is 0.146. The van der Waals surface area contributed by atoms with E-state index < -0.39 is 23.7 Å². The average molecular weight is 798 g/mol. The van der Waals surface area contributed by atoms with Crippen molar-refractivity contribution in [1.82, 2.24) is 15.5 Å². The maximum absolute atomic E-state index is 14.7. The molecule has 0 bridgehead atoms. The van der Waals surface area contributed by atoms with Crippen LogP contribution in [0.2, 0.25) is 10.0 Å². The summed E-state index contributed by atoms with van der Waals surface area (Å²) in [4.78, 5) is 70.3. The van der Waals surface area contributed by atoms with Gasteiger partial charge in [-0.15, -0.1) is 0 Å². The fourth-order valence-electron chi connectivity index (χ4n) is 7.74. The zero-order chi connectivity index (χ0) is 39.8. The van der Waals surface area contributed by atoms with Gasteiger partial charge in [0.1, 0.15) is 18.0 Å². The molecule has 1 heterocycles. The molecule has 10 nitrogen and oxygen atoms in total. The van der Waals surface area contributed by atoms with Crippen LogP contribution < -0.4 is 20.3 Å². The number of ether oxygens (including phenoxy) is 1. The van der Waals surface area contributed by atoms with Gasteiger partial charge in [0.15, 0.2) is 12.4 Å². The van der Waals surface area contributed by atoms with Gasteiger partial charge in [-0.1, -0.05) is 90.6 Å². The number of rotatable bonds is 15. The molecule has 2 fully saturated rings. The molecule has 0 radical (unpaired) electrons. The highest BCUT2D eigenvalue weighted by atomic mass is 35.5. The van der Waals surface area contributed by atoms with E-state index in [-0.39, 0.29) is 48.9 Å². The molecule has 1 aliphatic heterocycles. The molecule has 4 aromatic carbocycles. The molecule has 3 unspecified atom stereocenters. The quantitative estimate of drug-likeness (QED) is 0.131. The standard InChI is InChI=1S/C44H46Cl2N4O6/c1-29(51)38(48-43(55)44(22-6-7-23-44)24-25-47-30(2)52)26-31-12-20-36(21-13-31)49-41(33-14-18-35(46)19-15-33)50(40(53)28-56-37-8-4-3-5-9-37)39(42(49)54)27-32-10-16-34(45)17-11-32/h3-5,8-21,38-39,41H,6-7,22-28H2,1-2H3,(H,47,52)(H,48,55). The molecule has 0 spiro atoms. The summed E-state index contributed by atoms with van der Waals surface area (Å²) in [6, 6.07) is 28.9. The number of nitrogens with zero attached hydrogens (tertiary/aromatic N) is 2. The number of amides is 4. The Morgan fingerprint density at radius 3 is 2.04 bits per heavy atom. The van der Waals surface area contributed by atoms with E-state index in [9.17, 15) is 24.0 Å². The minimum atomic E-state index is -0.880. The van der Waals surface area contributed by atoms with Gasteiger partial charge in [0.25, 0.3) is 11.8 Å². The molecule has 292 valence electrons. The smallest absolute Gasteiger partial charge is 0.263 e. The molecule has 2 aliphatic rings. The second kappa shape index (κ2) is 18.2. The number of carbonyl (C=O) groups is 5. The van der Waals surface area contributed by atoms with Crippen LogP contribution in [-0.2, 0) is 36.8 Å². The van der Waals surface area contributed by atoms with Crippen LogP contribution in [0, 0.1) is 5.41 Å². The Bertz CT molecular complexity index is 2020. The highest BCUT2D eigenvalue weighted by molar-refractivity contribution is 6.30. The van der Waals surface area contributed by atoms with E-state index >= 15 is 0 Å². The summed E-state index contributed by atoms with van der Waals surface area (Å²) in [7, 11) is 0. The van der Waals surface area contributed by atoms with E-state index in [0.717, 1.165) is 24.0 Å². The molecule has 4 aromatic rings. The van der Waals surface area contributed by atoms with Crippen LogP contribution in [0.5, 0.6) is 5.75 Å². The lowest BCUT2D eigenvalue weighted by molar-refractivity contribution is -0.138. The second-order valence-electron chi connectivity index (χ2n) is 14.6. The number of Topliss-reactive ketones (excluding diaryl/α,β-unsaturated/α-hetero) is 1. The molecule has 1 saturated carbocycles. The Hall–Kier alpha value is -5.19. The zero-order valence-electron chi connectivity index (χ0n) is 31.5. The summed E-state index contributed by atoms with van der Waals surface area (Å²) in [5, 5.41) is 6.90. The van der Waals surface area contributed by atoms with Gasteiger partial charge in [-0.2, -0.15) is 0 Å². The Labute approximate surface area is 337 Å². The van der Waals surface area contributed by atoms with Crippen molar-refractivity contribution in [1.29, 1.82) is 0 Å². The molecule has 1 saturated heterocycles. The molecule has 3 atom stereocenters. The molecule has 12 heteroatoms. The average Bonchev–Trinajstić information content (AvgIpc) is 3.78. The molecule has 6 rings (SSSR count). The van der Waals surface area contributed by atoms with Crippen molar-refractivity contribution in [3.05, 3.63) is 130 Å². The summed E-state index contributed by atoms with van der Waals surface area (Å²) in [5.41, 5.74) is 2.20. The first-order chi connectivity index (χ1) is 26.9. The summed E-state index contributed by atoms with van der Waals surface area (Å²) in [6.45, 7) is 3.02. The Kier molecular flexibility index (Phi) is 13.1. The van der Waals surface area contributed by atoms with Gasteiger partial charge in [0, 0.05) is 35.6 Å². The largest absolute Gasteiger partial charge is 0.484 e. The van der Waals surface area contributed by atoms with Gasteiger partial charge in [-0.3, -0.25) is 28.9 Å². The van der Waals surface area contributed by atoms with Crippen LogP contribution in [0.25, 0.3) is 0 Å². The predicted octanol–water partition coefficient (Wildman–Crippen LogP) is 7.26. The van der Waals surface area contributed by atoms with E-state index in [4.69, 9.17) is 27.9 Å². The first-order valence-electron chi connectivity index (χ1n) is 18.9. The SMILES string of the molecule is CC(=O)NCCC1(C(=O)NC(Cc2ccc(N3C(=O)C(Cc4ccc(Cl)cc4)N(C(=O)COc4ccccc4)C3c3ccc(Cl)cc3)cc2)C(C)=O)CCCC1. The number of halogens is 2. The number of nitrogens with one attached hydrogen (secondary N) is 2. The van der Waals surface area contributed by atoms with Gasteiger partial charge in [0.2, 0.25) is 11.8 Å². The van der Waals surface area contributed by atoms with Crippen molar-refractivity contribution in [2.45, 2.75) is 77.0 Å². The summed E-state index contributed by atoms with van der Waals surface area (Å²) < 4.78 is 5.91. The van der Waals surface area contributed by atoms with E-state index in [0.29, 0.717) is 52.9 Å². The van der Waals surface area contributed by atoms with Crippen molar-refractivity contribution in [3.63, 3.8) is 0 Å². The van der Waals surface area contributed by atoms with Crippen molar-refractivity contribution in [2.75, 3.05) is 18.1 Å². The van der Waals surface area contributed by atoms with Crippen LogP contribution in [0.15, 0.2) is 103 Å². The summed E-state index contributed by atoms with van der Waals surface area (Å²) in [5.74, 6) is -0.620. The van der Waals surface area contributed by atoms with E-state index in [1.807, 2.05) is 42.5 Å².